The van der Waals surface area contributed by atoms with Crippen LogP contribution in [0.15, 0.2) is 54.6 Å². The molecule has 0 saturated heterocycles. The maximum atomic E-state index is 11.9. The molecule has 0 radical (unpaired) electrons. The number of hydrogen-bond acceptors (Lipinski definition) is 6. The van der Waals surface area contributed by atoms with Gasteiger partial charge in [0.05, 0.1) is 17.1 Å². The van der Waals surface area contributed by atoms with Gasteiger partial charge in [0, 0.05) is 5.39 Å². The van der Waals surface area contributed by atoms with Gasteiger partial charge in [0.15, 0.2) is 5.75 Å². The first kappa shape index (κ1) is 20.6. The van der Waals surface area contributed by atoms with Crippen molar-refractivity contribution in [3.05, 3.63) is 76.0 Å². The number of ether oxygens (including phenoxy) is 1. The van der Waals surface area contributed by atoms with Crippen LogP contribution < -0.4 is 9.57 Å². The van der Waals surface area contributed by atoms with E-state index in [2.05, 4.69) is 4.98 Å². The summed E-state index contributed by atoms with van der Waals surface area (Å²) < 4.78 is 5.75. The maximum absolute atomic E-state index is 11.9. The van der Waals surface area contributed by atoms with Gasteiger partial charge >= 0.3 is 5.97 Å². The molecule has 4 rings (SSSR count). The molecule has 1 heterocycles. The molecule has 8 nitrogen and oxygen atoms in total. The summed E-state index contributed by atoms with van der Waals surface area (Å²) >= 11 is 0. The monoisotopic (exact) mass is 422 g/mol. The average Bonchev–Trinajstić information content (AvgIpc) is 3.26. The number of aliphatic carboxylic acids is 1. The molecular formula is C23H22N2O6. The smallest absolute Gasteiger partial charge is 0.311 e. The lowest BCUT2D eigenvalue weighted by Crippen LogP contribution is -2.20. The van der Waals surface area contributed by atoms with E-state index in [1.165, 1.54) is 12.1 Å². The van der Waals surface area contributed by atoms with Gasteiger partial charge in [0.2, 0.25) is 0 Å². The molecule has 1 N–H and O–H groups in total. The molecule has 1 fully saturated rings. The number of benzene rings is 2. The molecule has 0 unspecified atom stereocenters. The molecule has 0 amide bonds. The summed E-state index contributed by atoms with van der Waals surface area (Å²) in [4.78, 5) is 32.2. The second kappa shape index (κ2) is 8.99. The molecule has 1 saturated carbocycles. The second-order valence-electron chi connectivity index (χ2n) is 7.67. The lowest BCUT2D eigenvalue weighted by atomic mass is 9.85. The first-order valence-electron chi connectivity index (χ1n) is 10.2. The molecule has 1 aliphatic rings. The predicted octanol–water partition coefficient (Wildman–Crippen LogP) is 4.74. The van der Waals surface area contributed by atoms with E-state index in [1.807, 2.05) is 36.4 Å². The molecule has 0 aliphatic heterocycles. The summed E-state index contributed by atoms with van der Waals surface area (Å²) in [6.07, 6.45) is 3.64. The minimum Gasteiger partial charge on any atom is -0.485 e. The van der Waals surface area contributed by atoms with Gasteiger partial charge in [-0.3, -0.25) is 9.63 Å². The largest absolute Gasteiger partial charge is 0.485 e. The summed E-state index contributed by atoms with van der Waals surface area (Å²) in [5.41, 5.74) is 1.96. The first-order chi connectivity index (χ1) is 15.0. The van der Waals surface area contributed by atoms with Gasteiger partial charge in [-0.1, -0.05) is 43.2 Å². The Hall–Kier alpha value is -3.68. The Labute approximate surface area is 178 Å². The minimum atomic E-state index is -0.937. The zero-order valence-corrected chi connectivity index (χ0v) is 16.8. The van der Waals surface area contributed by atoms with Crippen LogP contribution in [0.3, 0.4) is 0 Å². The van der Waals surface area contributed by atoms with Crippen molar-refractivity contribution in [3.8, 4) is 11.5 Å². The third kappa shape index (κ3) is 4.74. The molecule has 0 spiro atoms. The SMILES string of the molecule is O=C(O)[C@@H](c1ccc(OCc2ccc3ccccc3n2)c(O[N+](=O)[O-])c1)C1CCCC1. The number of hydrogen-bond donors (Lipinski definition) is 1. The number of rotatable bonds is 8. The van der Waals surface area contributed by atoms with Crippen LogP contribution in [-0.4, -0.2) is 21.1 Å². The van der Waals surface area contributed by atoms with Crippen LogP contribution in [-0.2, 0) is 11.4 Å². The van der Waals surface area contributed by atoms with E-state index in [0.717, 1.165) is 36.6 Å². The molecule has 160 valence electrons. The fourth-order valence-corrected chi connectivity index (χ4v) is 4.24. The molecule has 31 heavy (non-hydrogen) atoms. The number of pyridine rings is 1. The fraction of sp³-hybridized carbons (Fsp3) is 0.304. The second-order valence-corrected chi connectivity index (χ2v) is 7.67. The van der Waals surface area contributed by atoms with E-state index in [4.69, 9.17) is 9.57 Å². The Bertz CT molecular complexity index is 1110. The van der Waals surface area contributed by atoms with E-state index in [1.54, 1.807) is 6.07 Å². The summed E-state index contributed by atoms with van der Waals surface area (Å²) in [5.74, 6) is -1.62. The Morgan fingerprint density at radius 3 is 2.65 bits per heavy atom. The average molecular weight is 422 g/mol. The number of fused-ring (bicyclic) bond motifs is 1. The van der Waals surface area contributed by atoms with Crippen LogP contribution in [0.4, 0.5) is 0 Å². The van der Waals surface area contributed by atoms with Crippen molar-refractivity contribution in [1.82, 2.24) is 4.98 Å². The number of carboxylic acids is 1. The van der Waals surface area contributed by atoms with Gasteiger partial charge in [-0.05, 0) is 48.6 Å². The van der Waals surface area contributed by atoms with Crippen LogP contribution in [0.1, 0.15) is 42.9 Å². The van der Waals surface area contributed by atoms with Crippen molar-refractivity contribution in [2.45, 2.75) is 38.2 Å². The first-order valence-corrected chi connectivity index (χ1v) is 10.2. The number of carbonyl (C=O) groups is 1. The van der Waals surface area contributed by atoms with Crippen molar-refractivity contribution >= 4 is 16.9 Å². The van der Waals surface area contributed by atoms with E-state index >= 15 is 0 Å². The molecule has 1 atom stereocenters. The zero-order valence-electron chi connectivity index (χ0n) is 16.8. The lowest BCUT2D eigenvalue weighted by molar-refractivity contribution is -0.711. The third-order valence-corrected chi connectivity index (χ3v) is 5.67. The minimum absolute atomic E-state index is 0.00882. The van der Waals surface area contributed by atoms with E-state index in [0.29, 0.717) is 11.3 Å². The highest BCUT2D eigenvalue weighted by Gasteiger charge is 2.32. The third-order valence-electron chi connectivity index (χ3n) is 5.67. The molecule has 1 aromatic heterocycles. The van der Waals surface area contributed by atoms with Crippen molar-refractivity contribution in [2.24, 2.45) is 5.92 Å². The number of para-hydroxylation sites is 1. The lowest BCUT2D eigenvalue weighted by Gasteiger charge is -2.21. The van der Waals surface area contributed by atoms with Crippen molar-refractivity contribution < 1.29 is 24.6 Å². The van der Waals surface area contributed by atoms with Gasteiger partial charge in [0.1, 0.15) is 12.4 Å². The summed E-state index contributed by atoms with van der Waals surface area (Å²) in [7, 11) is 0. The standard InChI is InChI=1S/C23H22N2O6/c26-23(27)22(16-6-1-2-7-16)17-10-12-20(21(13-17)31-25(28)29)30-14-18-11-9-15-5-3-4-8-19(15)24-18/h3-5,8-13,16,22H,1-2,6-7,14H2,(H,26,27)/t22-/m1/s1. The summed E-state index contributed by atoms with van der Waals surface area (Å²) in [6, 6.07) is 16.0. The van der Waals surface area contributed by atoms with Crippen molar-refractivity contribution in [1.29, 1.82) is 0 Å². The van der Waals surface area contributed by atoms with Crippen molar-refractivity contribution in [2.75, 3.05) is 0 Å². The highest BCUT2D eigenvalue weighted by molar-refractivity contribution is 5.78. The Morgan fingerprint density at radius 1 is 1.13 bits per heavy atom. The van der Waals surface area contributed by atoms with Crippen LogP contribution in [0, 0.1) is 16.0 Å². The van der Waals surface area contributed by atoms with Gasteiger partial charge in [0.25, 0.3) is 5.09 Å². The van der Waals surface area contributed by atoms with Gasteiger partial charge in [-0.15, -0.1) is 10.1 Å². The highest BCUT2D eigenvalue weighted by Crippen LogP contribution is 2.40. The molecule has 1 aliphatic carbocycles. The van der Waals surface area contributed by atoms with Crippen molar-refractivity contribution in [3.63, 3.8) is 0 Å². The summed E-state index contributed by atoms with van der Waals surface area (Å²) in [6.45, 7) is 0.0865. The number of nitrogens with zero attached hydrogens (tertiary/aromatic N) is 2. The zero-order chi connectivity index (χ0) is 21.8. The van der Waals surface area contributed by atoms with E-state index < -0.39 is 17.0 Å². The molecule has 2 aromatic carbocycles. The summed E-state index contributed by atoms with van der Waals surface area (Å²) in [5, 5.41) is 20.8. The normalized spacial score (nSPS) is 15.0. The van der Waals surface area contributed by atoms with Crippen LogP contribution in [0.2, 0.25) is 0 Å². The highest BCUT2D eigenvalue weighted by atomic mass is 17.0. The molecule has 0 bridgehead atoms. The fourth-order valence-electron chi connectivity index (χ4n) is 4.24. The Balaban J connectivity index is 1.58. The molecule has 3 aromatic rings. The molecule has 8 heteroatoms. The van der Waals surface area contributed by atoms with Crippen LogP contribution in [0.5, 0.6) is 11.5 Å². The van der Waals surface area contributed by atoms with E-state index in [-0.39, 0.29) is 24.0 Å². The number of aromatic nitrogens is 1. The quantitative estimate of drug-likeness (QED) is 0.412. The van der Waals surface area contributed by atoms with Gasteiger partial charge < -0.3 is 9.84 Å². The maximum Gasteiger partial charge on any atom is 0.311 e. The Morgan fingerprint density at radius 2 is 1.90 bits per heavy atom. The predicted molar refractivity (Wildman–Crippen MR) is 112 cm³/mol. The van der Waals surface area contributed by atoms with Crippen LogP contribution in [0.25, 0.3) is 10.9 Å². The Kier molecular flexibility index (Phi) is 5.97. The van der Waals surface area contributed by atoms with Gasteiger partial charge in [-0.2, -0.15) is 0 Å². The van der Waals surface area contributed by atoms with Crippen LogP contribution >= 0.6 is 0 Å². The van der Waals surface area contributed by atoms with Gasteiger partial charge in [-0.25, -0.2) is 4.98 Å². The van der Waals surface area contributed by atoms with E-state index in [9.17, 15) is 20.0 Å². The molecular weight excluding hydrogens is 400 g/mol. The topological polar surface area (TPSA) is 112 Å². The number of carboxylic acid groups (broad SMARTS) is 1.